The number of aryl methyl sites for hydroxylation is 2. The van der Waals surface area contributed by atoms with Crippen LogP contribution in [0.15, 0.2) is 18.2 Å². The van der Waals surface area contributed by atoms with Crippen molar-refractivity contribution in [2.24, 2.45) is 0 Å². The number of ether oxygens (including phenoxy) is 1. The molecule has 0 aliphatic carbocycles. The van der Waals surface area contributed by atoms with E-state index in [9.17, 15) is 79.4 Å². The number of esters is 1. The van der Waals surface area contributed by atoms with Crippen LogP contribution in [0.2, 0.25) is 0 Å². The number of hydrogen-bond acceptors (Lipinski definition) is 2. The number of hydrogen-bond donors (Lipinski definition) is 0. The summed E-state index contributed by atoms with van der Waals surface area (Å²) in [6.07, 6.45) is -11.8. The van der Waals surface area contributed by atoms with E-state index in [-0.39, 0.29) is 11.1 Å². The van der Waals surface area contributed by atoms with Crippen LogP contribution in [-0.2, 0) is 11.2 Å². The predicted molar refractivity (Wildman–Crippen MR) is 91.5 cm³/mol. The van der Waals surface area contributed by atoms with Crippen LogP contribution in [-0.4, -0.2) is 60.7 Å². The van der Waals surface area contributed by atoms with Gasteiger partial charge in [-0.25, -0.2) is 4.79 Å². The molecule has 0 aliphatic rings. The van der Waals surface area contributed by atoms with E-state index < -0.39 is 72.0 Å². The lowest BCUT2D eigenvalue weighted by Gasteiger charge is -2.42. The average Bonchev–Trinajstić information content (AvgIpc) is 2.75. The van der Waals surface area contributed by atoms with Crippen LogP contribution < -0.4 is 0 Å². The molecular formula is C19H13F17O2. The van der Waals surface area contributed by atoms with E-state index in [0.29, 0.717) is 0 Å². The summed E-state index contributed by atoms with van der Waals surface area (Å²) in [5, 5.41) is 0. The first-order valence-corrected chi connectivity index (χ1v) is 9.47. The Kier molecular flexibility index (Phi) is 8.47. The van der Waals surface area contributed by atoms with Crippen LogP contribution >= 0.6 is 0 Å². The highest BCUT2D eigenvalue weighted by Crippen LogP contribution is 2.64. The number of carbonyl (C=O) groups is 1. The fraction of sp³-hybridized carbons (Fsp3) is 0.632. The van der Waals surface area contributed by atoms with Gasteiger partial charge >= 0.3 is 53.6 Å². The molecule has 0 unspecified atom stereocenters. The first-order chi connectivity index (χ1) is 16.6. The lowest BCUT2D eigenvalue weighted by Crippen LogP contribution is -2.74. The Bertz CT molecular complexity index is 1030. The molecule has 0 atom stereocenters. The summed E-state index contributed by atoms with van der Waals surface area (Å²) in [6, 6.07) is 2.48. The zero-order valence-corrected chi connectivity index (χ0v) is 18.4. The molecule has 19 heteroatoms. The summed E-state index contributed by atoms with van der Waals surface area (Å²) < 4.78 is 230. The maximum atomic E-state index is 14.0. The molecule has 1 aromatic carbocycles. The third-order valence-corrected chi connectivity index (χ3v) is 5.21. The van der Waals surface area contributed by atoms with E-state index in [1.165, 1.54) is 0 Å². The summed E-state index contributed by atoms with van der Waals surface area (Å²) in [5.74, 6) is -57.4. The molecule has 0 amide bonds. The van der Waals surface area contributed by atoms with Crippen molar-refractivity contribution in [1.29, 1.82) is 0 Å². The topological polar surface area (TPSA) is 26.3 Å². The predicted octanol–water partition coefficient (Wildman–Crippen LogP) is 7.72. The second-order valence-electron chi connectivity index (χ2n) is 7.79. The molecule has 220 valence electrons. The zero-order chi connectivity index (χ0) is 30.6. The van der Waals surface area contributed by atoms with Gasteiger partial charge in [0.15, 0.2) is 0 Å². The molecule has 0 saturated carbocycles. The Morgan fingerprint density at radius 3 is 1.42 bits per heavy atom. The van der Waals surface area contributed by atoms with Gasteiger partial charge in [0.05, 0.1) is 12.7 Å². The summed E-state index contributed by atoms with van der Waals surface area (Å²) in [5.41, 5.74) is -0.713. The van der Waals surface area contributed by atoms with E-state index in [2.05, 4.69) is 4.74 Å². The first-order valence-electron chi connectivity index (χ1n) is 9.47. The van der Waals surface area contributed by atoms with Gasteiger partial charge in [0.1, 0.15) is 0 Å². The van der Waals surface area contributed by atoms with Crippen molar-refractivity contribution in [1.82, 2.24) is 0 Å². The molecule has 0 heterocycles. The highest BCUT2D eigenvalue weighted by molar-refractivity contribution is 5.90. The summed E-state index contributed by atoms with van der Waals surface area (Å²) in [6.45, 7) is 1.15. The summed E-state index contributed by atoms with van der Waals surface area (Å²) in [4.78, 5) is 11.4. The van der Waals surface area contributed by atoms with Crippen LogP contribution in [0.5, 0.6) is 0 Å². The third kappa shape index (κ3) is 4.84. The molecule has 1 rings (SSSR count). The Labute approximate surface area is 200 Å². The van der Waals surface area contributed by atoms with Gasteiger partial charge in [-0.1, -0.05) is 12.1 Å². The molecule has 38 heavy (non-hydrogen) atoms. The zero-order valence-electron chi connectivity index (χ0n) is 18.4. The highest BCUT2D eigenvalue weighted by atomic mass is 19.4. The van der Waals surface area contributed by atoms with Gasteiger partial charge in [-0.3, -0.25) is 0 Å². The van der Waals surface area contributed by atoms with E-state index in [1.54, 1.807) is 0 Å². The average molecular weight is 596 g/mol. The van der Waals surface area contributed by atoms with Crippen molar-refractivity contribution in [3.8, 4) is 0 Å². The molecule has 0 radical (unpaired) electrons. The van der Waals surface area contributed by atoms with Crippen molar-refractivity contribution < 1.29 is 84.2 Å². The van der Waals surface area contributed by atoms with E-state index in [4.69, 9.17) is 0 Å². The molecule has 0 N–H and O–H groups in total. The molecule has 0 fully saturated rings. The van der Waals surface area contributed by atoms with Gasteiger partial charge in [-0.2, -0.15) is 74.6 Å². The normalized spacial score (nSPS) is 15.0. The van der Waals surface area contributed by atoms with Gasteiger partial charge in [0.2, 0.25) is 0 Å². The maximum Gasteiger partial charge on any atom is 0.460 e. The molecule has 0 aliphatic heterocycles. The molecule has 0 spiro atoms. The van der Waals surface area contributed by atoms with Crippen molar-refractivity contribution in [2.75, 3.05) is 7.11 Å². The molecule has 0 saturated heterocycles. The minimum Gasteiger partial charge on any atom is -0.465 e. The minimum atomic E-state index is -8.65. The van der Waals surface area contributed by atoms with Gasteiger partial charge in [-0.05, 0) is 30.5 Å². The standard InChI is InChI=1S/C19H13F17O2/c1-8-7-9(3-4-10(8)11(37)38-2)5-6-12(20,21)13(22,23)14(24,25)15(26,27)16(28,29)17(30,31)18(32,33)19(34,35)36/h3-4,7H,5-6H2,1-2H3. The Balaban J connectivity index is 3.43. The van der Waals surface area contributed by atoms with Crippen molar-refractivity contribution in [2.45, 2.75) is 67.4 Å². The SMILES string of the molecule is COC(=O)c1ccc(CCC(F)(F)C(F)(F)C(F)(F)C(F)(F)C(F)(F)C(F)(F)C(F)(F)C(F)(F)F)cc1C. The molecular weight excluding hydrogens is 583 g/mol. The number of rotatable bonds is 10. The van der Waals surface area contributed by atoms with Gasteiger partial charge in [-0.15, -0.1) is 0 Å². The van der Waals surface area contributed by atoms with E-state index in [1.807, 2.05) is 0 Å². The first kappa shape index (κ1) is 33.5. The highest BCUT2D eigenvalue weighted by Gasteiger charge is 2.95. The Hall–Kier alpha value is -2.50. The Morgan fingerprint density at radius 2 is 1.05 bits per heavy atom. The molecule has 2 nitrogen and oxygen atoms in total. The van der Waals surface area contributed by atoms with Gasteiger partial charge in [0, 0.05) is 6.42 Å². The fourth-order valence-electron chi connectivity index (χ4n) is 2.87. The van der Waals surface area contributed by atoms with Gasteiger partial charge < -0.3 is 4.74 Å². The van der Waals surface area contributed by atoms with Crippen LogP contribution in [0.1, 0.15) is 27.9 Å². The van der Waals surface area contributed by atoms with Crippen LogP contribution in [0.25, 0.3) is 0 Å². The quantitative estimate of drug-likeness (QED) is 0.204. The summed E-state index contributed by atoms with van der Waals surface area (Å²) in [7, 11) is 0.928. The second kappa shape index (κ2) is 9.60. The lowest BCUT2D eigenvalue weighted by molar-refractivity contribution is -0.461. The minimum absolute atomic E-state index is 0.0613. The molecule has 0 aromatic heterocycles. The monoisotopic (exact) mass is 596 g/mol. The second-order valence-corrected chi connectivity index (χ2v) is 7.79. The van der Waals surface area contributed by atoms with Crippen LogP contribution in [0.3, 0.4) is 0 Å². The largest absolute Gasteiger partial charge is 0.465 e. The van der Waals surface area contributed by atoms with Crippen LogP contribution in [0, 0.1) is 6.92 Å². The number of methoxy groups -OCH3 is 1. The third-order valence-electron chi connectivity index (χ3n) is 5.21. The number of alkyl halides is 17. The van der Waals surface area contributed by atoms with Crippen LogP contribution in [0.4, 0.5) is 74.6 Å². The van der Waals surface area contributed by atoms with Gasteiger partial charge in [0.25, 0.3) is 0 Å². The number of halogens is 17. The molecule has 0 bridgehead atoms. The number of carbonyl (C=O) groups excluding carboxylic acids is 1. The maximum absolute atomic E-state index is 14.0. The number of benzene rings is 1. The van der Waals surface area contributed by atoms with E-state index >= 15 is 0 Å². The van der Waals surface area contributed by atoms with Crippen molar-refractivity contribution in [3.05, 3.63) is 34.9 Å². The summed E-state index contributed by atoms with van der Waals surface area (Å²) >= 11 is 0. The fourth-order valence-corrected chi connectivity index (χ4v) is 2.87. The van der Waals surface area contributed by atoms with Crippen molar-refractivity contribution in [3.63, 3.8) is 0 Å². The molecule has 1 aromatic rings. The van der Waals surface area contributed by atoms with Crippen molar-refractivity contribution >= 4 is 5.97 Å². The Morgan fingerprint density at radius 1 is 0.658 bits per heavy atom. The van der Waals surface area contributed by atoms with E-state index in [0.717, 1.165) is 32.2 Å². The smallest absolute Gasteiger partial charge is 0.460 e. The lowest BCUT2D eigenvalue weighted by atomic mass is 9.87.